The van der Waals surface area contributed by atoms with Crippen molar-refractivity contribution in [2.24, 2.45) is 0 Å². The molecule has 0 aliphatic rings. The summed E-state index contributed by atoms with van der Waals surface area (Å²) < 4.78 is 2.32. The minimum Gasteiger partial charge on any atom is -0.340 e. The number of para-hydroxylation sites is 1. The van der Waals surface area contributed by atoms with E-state index in [1.807, 2.05) is 30.3 Å². The first-order chi connectivity index (χ1) is 14.5. The Bertz CT molecular complexity index is 1280. The van der Waals surface area contributed by atoms with Gasteiger partial charge in [-0.25, -0.2) is 13.9 Å². The number of hydrogen-bond donors (Lipinski definition) is 2. The first-order valence-corrected chi connectivity index (χ1v) is 9.19. The summed E-state index contributed by atoms with van der Waals surface area (Å²) in [6, 6.07) is 17.6. The third-order valence-corrected chi connectivity index (χ3v) is 4.37. The van der Waals surface area contributed by atoms with E-state index in [1.165, 1.54) is 11.3 Å². The fourth-order valence-electron chi connectivity index (χ4n) is 2.87. The predicted molar refractivity (Wildman–Crippen MR) is 112 cm³/mol. The number of nitrogens with one attached hydrogen (secondary N) is 2. The standard InChI is InChI=1S/C21H18N6O3/c1-14(28)15-7-9-17(10-8-15)23-19(29)13-27-21(30)26-12-11-18(24-20(26)25-27)22-16-5-3-2-4-6-16/h2-12H,13H2,1H3,(H,23,29)(H,22,24,25). The van der Waals surface area contributed by atoms with Gasteiger partial charge in [-0.1, -0.05) is 18.2 Å². The Hall–Kier alpha value is -4.27. The molecular formula is C21H18N6O3. The molecule has 9 heteroatoms. The van der Waals surface area contributed by atoms with Crippen LogP contribution in [0.3, 0.4) is 0 Å². The molecule has 2 aromatic carbocycles. The van der Waals surface area contributed by atoms with E-state index >= 15 is 0 Å². The van der Waals surface area contributed by atoms with Crippen LogP contribution in [0.2, 0.25) is 0 Å². The molecule has 4 rings (SSSR count). The van der Waals surface area contributed by atoms with Crippen LogP contribution in [0.5, 0.6) is 0 Å². The molecule has 0 spiro atoms. The van der Waals surface area contributed by atoms with Gasteiger partial charge in [0.05, 0.1) is 0 Å². The SMILES string of the molecule is CC(=O)c1ccc(NC(=O)Cn2nc3nc(Nc4ccccc4)ccn3c2=O)cc1. The molecule has 30 heavy (non-hydrogen) atoms. The van der Waals surface area contributed by atoms with E-state index < -0.39 is 11.6 Å². The summed E-state index contributed by atoms with van der Waals surface area (Å²) in [4.78, 5) is 40.5. The average molecular weight is 402 g/mol. The molecule has 0 unspecified atom stereocenters. The molecule has 2 aromatic heterocycles. The minimum absolute atomic E-state index is 0.0576. The molecule has 2 heterocycles. The number of amides is 1. The second-order valence-electron chi connectivity index (χ2n) is 6.60. The molecule has 2 N–H and O–H groups in total. The topological polar surface area (TPSA) is 110 Å². The van der Waals surface area contributed by atoms with Crippen molar-refractivity contribution in [2.75, 3.05) is 10.6 Å². The lowest BCUT2D eigenvalue weighted by molar-refractivity contribution is -0.117. The van der Waals surface area contributed by atoms with E-state index in [0.29, 0.717) is 17.1 Å². The molecule has 1 amide bonds. The number of rotatable bonds is 6. The smallest absolute Gasteiger partial charge is 0.340 e. The Labute approximate surface area is 171 Å². The van der Waals surface area contributed by atoms with Crippen LogP contribution >= 0.6 is 0 Å². The summed E-state index contributed by atoms with van der Waals surface area (Å²) >= 11 is 0. The largest absolute Gasteiger partial charge is 0.352 e. The van der Waals surface area contributed by atoms with E-state index in [9.17, 15) is 14.4 Å². The predicted octanol–water partition coefficient (Wildman–Crippen LogP) is 2.48. The first kappa shape index (κ1) is 19.1. The van der Waals surface area contributed by atoms with Crippen molar-refractivity contribution in [1.29, 1.82) is 0 Å². The van der Waals surface area contributed by atoms with Gasteiger partial charge in [-0.05, 0) is 49.4 Å². The highest BCUT2D eigenvalue weighted by Crippen LogP contribution is 2.13. The van der Waals surface area contributed by atoms with Crippen LogP contribution in [0.15, 0.2) is 71.7 Å². The van der Waals surface area contributed by atoms with Crippen LogP contribution < -0.4 is 16.3 Å². The molecule has 0 radical (unpaired) electrons. The lowest BCUT2D eigenvalue weighted by Crippen LogP contribution is -2.28. The number of nitrogens with zero attached hydrogens (tertiary/aromatic N) is 4. The Morgan fingerprint density at radius 3 is 2.40 bits per heavy atom. The Morgan fingerprint density at radius 1 is 0.967 bits per heavy atom. The van der Waals surface area contributed by atoms with Gasteiger partial charge < -0.3 is 10.6 Å². The summed E-state index contributed by atoms with van der Waals surface area (Å²) in [6.07, 6.45) is 1.55. The molecule has 9 nitrogen and oxygen atoms in total. The number of hydrogen-bond acceptors (Lipinski definition) is 6. The van der Waals surface area contributed by atoms with Crippen LogP contribution in [0.4, 0.5) is 17.2 Å². The number of benzene rings is 2. The number of fused-ring (bicyclic) bond motifs is 1. The van der Waals surface area contributed by atoms with Gasteiger partial charge in [-0.2, -0.15) is 4.98 Å². The number of carbonyl (C=O) groups excluding carboxylic acids is 2. The van der Waals surface area contributed by atoms with Crippen molar-refractivity contribution in [1.82, 2.24) is 19.2 Å². The maximum atomic E-state index is 12.5. The van der Waals surface area contributed by atoms with Gasteiger partial charge in [0.15, 0.2) is 5.78 Å². The zero-order valence-electron chi connectivity index (χ0n) is 16.1. The van der Waals surface area contributed by atoms with Gasteiger partial charge in [0, 0.05) is 23.1 Å². The zero-order chi connectivity index (χ0) is 21.1. The van der Waals surface area contributed by atoms with E-state index in [0.717, 1.165) is 10.4 Å². The van der Waals surface area contributed by atoms with Crippen molar-refractivity contribution in [3.63, 3.8) is 0 Å². The molecule has 0 aliphatic carbocycles. The van der Waals surface area contributed by atoms with Gasteiger partial charge in [0.25, 0.3) is 5.78 Å². The van der Waals surface area contributed by atoms with Gasteiger partial charge >= 0.3 is 5.69 Å². The summed E-state index contributed by atoms with van der Waals surface area (Å²) in [6.45, 7) is 1.20. The quantitative estimate of drug-likeness (QED) is 0.480. The van der Waals surface area contributed by atoms with Crippen molar-refractivity contribution >= 4 is 34.7 Å². The molecular weight excluding hydrogens is 384 g/mol. The molecule has 0 saturated heterocycles. The van der Waals surface area contributed by atoms with Crippen molar-refractivity contribution < 1.29 is 9.59 Å². The third kappa shape index (κ3) is 4.09. The highest BCUT2D eigenvalue weighted by Gasteiger charge is 2.13. The van der Waals surface area contributed by atoms with E-state index in [-0.39, 0.29) is 18.1 Å². The van der Waals surface area contributed by atoms with Crippen molar-refractivity contribution in [3.8, 4) is 0 Å². The maximum Gasteiger partial charge on any atom is 0.352 e. The van der Waals surface area contributed by atoms with Crippen LogP contribution in [0, 0.1) is 0 Å². The summed E-state index contributed by atoms with van der Waals surface area (Å²) in [5.74, 6) is 0.233. The fraction of sp³-hybridized carbons (Fsp3) is 0.0952. The van der Waals surface area contributed by atoms with E-state index in [4.69, 9.17) is 0 Å². The minimum atomic E-state index is -0.467. The zero-order valence-corrected chi connectivity index (χ0v) is 16.1. The summed E-state index contributed by atoms with van der Waals surface area (Å²) in [7, 11) is 0. The van der Waals surface area contributed by atoms with E-state index in [2.05, 4.69) is 20.7 Å². The molecule has 0 bridgehead atoms. The second kappa shape index (κ2) is 8.00. The van der Waals surface area contributed by atoms with Crippen LogP contribution in [-0.4, -0.2) is 30.9 Å². The van der Waals surface area contributed by atoms with Gasteiger partial charge in [0.2, 0.25) is 5.91 Å². The Morgan fingerprint density at radius 2 is 1.70 bits per heavy atom. The Balaban J connectivity index is 1.49. The highest BCUT2D eigenvalue weighted by atomic mass is 16.2. The molecule has 4 aromatic rings. The second-order valence-corrected chi connectivity index (χ2v) is 6.60. The lowest BCUT2D eigenvalue weighted by atomic mass is 10.1. The van der Waals surface area contributed by atoms with Crippen molar-refractivity contribution in [3.05, 3.63) is 82.9 Å². The first-order valence-electron chi connectivity index (χ1n) is 9.19. The fourth-order valence-corrected chi connectivity index (χ4v) is 2.87. The third-order valence-electron chi connectivity index (χ3n) is 4.37. The number of ketones is 1. The Kier molecular flexibility index (Phi) is 5.08. The number of anilines is 3. The van der Waals surface area contributed by atoms with Crippen molar-refractivity contribution in [2.45, 2.75) is 13.5 Å². The highest BCUT2D eigenvalue weighted by molar-refractivity contribution is 5.95. The number of Topliss-reactive ketones (excluding diaryl/α,β-unsaturated/α-hetero) is 1. The summed E-state index contributed by atoms with van der Waals surface area (Å²) in [5, 5.41) is 9.96. The normalized spacial score (nSPS) is 10.7. The lowest BCUT2D eigenvalue weighted by Gasteiger charge is -2.05. The average Bonchev–Trinajstić information content (AvgIpc) is 3.03. The van der Waals surface area contributed by atoms with Gasteiger partial charge in [-0.15, -0.1) is 5.10 Å². The summed E-state index contributed by atoms with van der Waals surface area (Å²) in [5.41, 5.74) is 1.46. The number of aromatic nitrogens is 4. The molecule has 0 atom stereocenters. The maximum absolute atomic E-state index is 12.5. The van der Waals surface area contributed by atoms with E-state index in [1.54, 1.807) is 36.5 Å². The van der Waals surface area contributed by atoms with Gasteiger partial charge in [0.1, 0.15) is 12.4 Å². The molecule has 150 valence electrons. The molecule has 0 fully saturated rings. The number of carbonyl (C=O) groups is 2. The van der Waals surface area contributed by atoms with Crippen LogP contribution in [-0.2, 0) is 11.3 Å². The molecule has 0 saturated carbocycles. The monoisotopic (exact) mass is 402 g/mol. The van der Waals surface area contributed by atoms with Crippen LogP contribution in [0.25, 0.3) is 5.78 Å². The molecule has 0 aliphatic heterocycles. The van der Waals surface area contributed by atoms with Crippen LogP contribution in [0.1, 0.15) is 17.3 Å². The van der Waals surface area contributed by atoms with Gasteiger partial charge in [-0.3, -0.25) is 9.59 Å².